The summed E-state index contributed by atoms with van der Waals surface area (Å²) in [6, 6.07) is -1.88. The van der Waals surface area contributed by atoms with Crippen molar-refractivity contribution in [3.63, 3.8) is 0 Å². The van der Waals surface area contributed by atoms with Gasteiger partial charge in [-0.25, -0.2) is 4.79 Å². The topological polar surface area (TPSA) is 86.5 Å². The Balaban J connectivity index is 4.47. The number of nitro groups is 1. The third-order valence-electron chi connectivity index (χ3n) is 1.02. The van der Waals surface area contributed by atoms with Gasteiger partial charge in [0.25, 0.3) is 0 Å². The average Bonchev–Trinajstić information content (AvgIpc) is 1.85. The molecule has 0 bridgehead atoms. The third kappa shape index (κ3) is 2.32. The van der Waals surface area contributed by atoms with E-state index in [9.17, 15) is 19.7 Å². The molecule has 0 aliphatic heterocycles. The Morgan fingerprint density at radius 3 is 2.09 bits per heavy atom. The standard InChI is InChI=1S/C5H7NO5/c1-3(7)4(6(9)10)5(8)11-2/h4H,1-2H3/t4-/m0/s1. The fourth-order valence-electron chi connectivity index (χ4n) is 0.512. The second kappa shape index (κ2) is 3.65. The van der Waals surface area contributed by atoms with E-state index in [1.165, 1.54) is 0 Å². The number of ether oxygens (including phenoxy) is 1. The Bertz CT molecular complexity index is 185. The molecule has 0 aliphatic rings. The predicted molar refractivity (Wildman–Crippen MR) is 33.5 cm³/mol. The number of hydrogen-bond donors (Lipinski definition) is 0. The van der Waals surface area contributed by atoms with Gasteiger partial charge in [-0.05, 0) is 0 Å². The molecule has 62 valence electrons. The van der Waals surface area contributed by atoms with Gasteiger partial charge in [0.15, 0.2) is 0 Å². The molecular weight excluding hydrogens is 154 g/mol. The van der Waals surface area contributed by atoms with Crippen LogP contribution in [0, 0.1) is 10.1 Å². The van der Waals surface area contributed by atoms with E-state index in [0.717, 1.165) is 14.0 Å². The molecule has 0 aliphatic carbocycles. The van der Waals surface area contributed by atoms with Gasteiger partial charge in [-0.3, -0.25) is 14.9 Å². The highest BCUT2D eigenvalue weighted by atomic mass is 16.6. The fraction of sp³-hybridized carbons (Fsp3) is 0.600. The van der Waals surface area contributed by atoms with E-state index in [2.05, 4.69) is 4.74 Å². The first-order valence-corrected chi connectivity index (χ1v) is 2.72. The van der Waals surface area contributed by atoms with Crippen LogP contribution in [0.15, 0.2) is 0 Å². The lowest BCUT2D eigenvalue weighted by atomic mass is 10.2. The highest BCUT2D eigenvalue weighted by Gasteiger charge is 2.35. The van der Waals surface area contributed by atoms with Crippen molar-refractivity contribution in [2.45, 2.75) is 13.0 Å². The minimum Gasteiger partial charge on any atom is -0.464 e. The largest absolute Gasteiger partial charge is 0.464 e. The molecule has 11 heavy (non-hydrogen) atoms. The van der Waals surface area contributed by atoms with E-state index in [1.54, 1.807) is 0 Å². The van der Waals surface area contributed by atoms with Crippen molar-refractivity contribution in [1.29, 1.82) is 0 Å². The van der Waals surface area contributed by atoms with Crippen LogP contribution in [0.2, 0.25) is 0 Å². The zero-order valence-electron chi connectivity index (χ0n) is 6.07. The molecule has 0 saturated heterocycles. The van der Waals surface area contributed by atoms with Gasteiger partial charge < -0.3 is 4.74 Å². The van der Waals surface area contributed by atoms with Crippen LogP contribution in [0.25, 0.3) is 0 Å². The van der Waals surface area contributed by atoms with Gasteiger partial charge in [0, 0.05) is 11.8 Å². The molecule has 0 N–H and O–H groups in total. The van der Waals surface area contributed by atoms with Gasteiger partial charge in [0.05, 0.1) is 7.11 Å². The summed E-state index contributed by atoms with van der Waals surface area (Å²) in [6.07, 6.45) is 0. The van der Waals surface area contributed by atoms with Crippen molar-refractivity contribution in [3.8, 4) is 0 Å². The Kier molecular flexibility index (Phi) is 3.16. The second-order valence-electron chi connectivity index (χ2n) is 1.82. The summed E-state index contributed by atoms with van der Waals surface area (Å²) in [5.74, 6) is -1.97. The molecule has 0 radical (unpaired) electrons. The highest BCUT2D eigenvalue weighted by Crippen LogP contribution is 1.94. The lowest BCUT2D eigenvalue weighted by Gasteiger charge is -2.01. The molecule has 0 amide bonds. The number of nitrogens with zero attached hydrogens (tertiary/aromatic N) is 1. The molecule has 0 unspecified atom stereocenters. The maximum atomic E-state index is 10.5. The van der Waals surface area contributed by atoms with Gasteiger partial charge in [-0.2, -0.15) is 0 Å². The van der Waals surface area contributed by atoms with Crippen LogP contribution in [-0.4, -0.2) is 29.8 Å². The molecule has 0 aromatic rings. The Morgan fingerprint density at radius 2 is 2.00 bits per heavy atom. The zero-order chi connectivity index (χ0) is 9.02. The zero-order valence-corrected chi connectivity index (χ0v) is 6.07. The molecule has 6 heteroatoms. The number of carbonyl (C=O) groups is 2. The van der Waals surface area contributed by atoms with E-state index < -0.39 is 22.7 Å². The van der Waals surface area contributed by atoms with Crippen molar-refractivity contribution in [2.24, 2.45) is 0 Å². The maximum absolute atomic E-state index is 10.5. The molecule has 0 rings (SSSR count). The lowest BCUT2D eigenvalue weighted by molar-refractivity contribution is -0.496. The maximum Gasteiger partial charge on any atom is 0.389 e. The summed E-state index contributed by atoms with van der Waals surface area (Å²) in [7, 11) is 0.988. The van der Waals surface area contributed by atoms with Gasteiger partial charge in [0.1, 0.15) is 0 Å². The first kappa shape index (κ1) is 9.54. The summed E-state index contributed by atoms with van der Waals surface area (Å²) in [5, 5.41) is 10.0. The summed E-state index contributed by atoms with van der Waals surface area (Å²) >= 11 is 0. The Hall–Kier alpha value is -1.46. The molecule has 0 aromatic carbocycles. The van der Waals surface area contributed by atoms with Crippen molar-refractivity contribution in [2.75, 3.05) is 7.11 Å². The third-order valence-corrected chi connectivity index (χ3v) is 1.02. The lowest BCUT2D eigenvalue weighted by Crippen LogP contribution is -2.36. The summed E-state index contributed by atoms with van der Waals surface area (Å²) in [6.45, 7) is 0.963. The predicted octanol–water partition coefficient (Wildman–Crippen LogP) is -0.606. The summed E-state index contributed by atoms with van der Waals surface area (Å²) in [5.41, 5.74) is 0. The Labute approximate surface area is 62.3 Å². The van der Waals surface area contributed by atoms with Crippen molar-refractivity contribution >= 4 is 11.8 Å². The molecule has 0 spiro atoms. The number of rotatable bonds is 3. The van der Waals surface area contributed by atoms with E-state index in [1.807, 2.05) is 0 Å². The van der Waals surface area contributed by atoms with Gasteiger partial charge >= 0.3 is 12.0 Å². The van der Waals surface area contributed by atoms with E-state index >= 15 is 0 Å². The molecular formula is C5H7NO5. The van der Waals surface area contributed by atoms with E-state index in [0.29, 0.717) is 0 Å². The highest BCUT2D eigenvalue weighted by molar-refractivity contribution is 6.00. The van der Waals surface area contributed by atoms with Crippen molar-refractivity contribution < 1.29 is 19.2 Å². The van der Waals surface area contributed by atoms with Gasteiger partial charge in [-0.1, -0.05) is 0 Å². The first-order chi connectivity index (χ1) is 5.00. The monoisotopic (exact) mass is 161 g/mol. The van der Waals surface area contributed by atoms with Crippen LogP contribution in [0.5, 0.6) is 0 Å². The minimum absolute atomic E-state index is 0.832. The smallest absolute Gasteiger partial charge is 0.389 e. The van der Waals surface area contributed by atoms with Gasteiger partial charge in [-0.15, -0.1) is 0 Å². The van der Waals surface area contributed by atoms with Crippen LogP contribution >= 0.6 is 0 Å². The van der Waals surface area contributed by atoms with Crippen LogP contribution < -0.4 is 0 Å². The number of esters is 1. The number of hydrogen-bond acceptors (Lipinski definition) is 5. The molecule has 1 atom stereocenters. The molecule has 0 saturated carbocycles. The van der Waals surface area contributed by atoms with Crippen LogP contribution in [-0.2, 0) is 14.3 Å². The Morgan fingerprint density at radius 1 is 1.55 bits per heavy atom. The fourth-order valence-corrected chi connectivity index (χ4v) is 0.512. The SMILES string of the molecule is COC(=O)[C@H](C(C)=O)[N+](=O)[O-]. The molecule has 0 fully saturated rings. The molecule has 0 heterocycles. The number of Topliss-reactive ketones (excluding diaryl/α,β-unsaturated/α-hetero) is 1. The first-order valence-electron chi connectivity index (χ1n) is 2.72. The van der Waals surface area contributed by atoms with Gasteiger partial charge in [0.2, 0.25) is 5.78 Å². The van der Waals surface area contributed by atoms with Crippen LogP contribution in [0.4, 0.5) is 0 Å². The van der Waals surface area contributed by atoms with Crippen molar-refractivity contribution in [3.05, 3.63) is 10.1 Å². The second-order valence-corrected chi connectivity index (χ2v) is 1.82. The molecule has 0 aromatic heterocycles. The summed E-state index contributed by atoms with van der Waals surface area (Å²) < 4.78 is 4.03. The molecule has 6 nitrogen and oxygen atoms in total. The number of carbonyl (C=O) groups excluding carboxylic acids is 2. The van der Waals surface area contributed by atoms with E-state index in [4.69, 9.17) is 0 Å². The number of ketones is 1. The number of methoxy groups -OCH3 is 1. The minimum atomic E-state index is -1.88. The van der Waals surface area contributed by atoms with Crippen LogP contribution in [0.1, 0.15) is 6.92 Å². The quantitative estimate of drug-likeness (QED) is 0.238. The normalized spacial score (nSPS) is 11.8. The summed E-state index contributed by atoms with van der Waals surface area (Å²) in [4.78, 5) is 30.0. The van der Waals surface area contributed by atoms with Crippen molar-refractivity contribution in [1.82, 2.24) is 0 Å². The van der Waals surface area contributed by atoms with Crippen LogP contribution in [0.3, 0.4) is 0 Å². The van der Waals surface area contributed by atoms with E-state index in [-0.39, 0.29) is 0 Å². The average molecular weight is 161 g/mol.